The number of aromatic nitrogens is 2. The van der Waals surface area contributed by atoms with E-state index in [9.17, 15) is 4.79 Å². The Kier molecular flexibility index (Phi) is 3.74. The number of nitrogens with zero attached hydrogens (tertiary/aromatic N) is 3. The van der Waals surface area contributed by atoms with Crippen molar-refractivity contribution in [3.63, 3.8) is 0 Å². The van der Waals surface area contributed by atoms with E-state index in [4.69, 9.17) is 16.9 Å². The van der Waals surface area contributed by atoms with Gasteiger partial charge in [-0.05, 0) is 31.2 Å². The summed E-state index contributed by atoms with van der Waals surface area (Å²) in [5, 5.41) is 11.8. The minimum atomic E-state index is 0.110. The predicted molar refractivity (Wildman–Crippen MR) is 71.6 cm³/mol. The van der Waals surface area contributed by atoms with E-state index in [1.165, 1.54) is 0 Å². The van der Waals surface area contributed by atoms with Crippen molar-refractivity contribution in [2.75, 3.05) is 5.32 Å². The van der Waals surface area contributed by atoms with Gasteiger partial charge in [-0.1, -0.05) is 11.6 Å². The lowest BCUT2D eigenvalue weighted by Crippen LogP contribution is -2.03. The first-order valence-corrected chi connectivity index (χ1v) is 5.78. The van der Waals surface area contributed by atoms with Gasteiger partial charge in [0.2, 0.25) is 0 Å². The summed E-state index contributed by atoms with van der Waals surface area (Å²) >= 11 is 5.88. The highest BCUT2D eigenvalue weighted by Gasteiger charge is 2.11. The Balaban J connectivity index is 2.37. The smallest absolute Gasteiger partial charge is 0.156 e. The van der Waals surface area contributed by atoms with Crippen LogP contribution in [0.1, 0.15) is 21.7 Å². The van der Waals surface area contributed by atoms with E-state index in [-0.39, 0.29) is 10.7 Å². The van der Waals surface area contributed by atoms with Gasteiger partial charge in [-0.15, -0.1) is 0 Å². The van der Waals surface area contributed by atoms with Crippen molar-refractivity contribution in [1.82, 2.24) is 9.97 Å². The van der Waals surface area contributed by atoms with Crippen molar-refractivity contribution in [3.05, 3.63) is 46.4 Å². The minimum absolute atomic E-state index is 0.110. The van der Waals surface area contributed by atoms with E-state index in [2.05, 4.69) is 15.3 Å². The lowest BCUT2D eigenvalue weighted by atomic mass is 10.2. The lowest BCUT2D eigenvalue weighted by Gasteiger charge is -2.09. The van der Waals surface area contributed by atoms with Gasteiger partial charge in [0, 0.05) is 5.69 Å². The first-order valence-electron chi connectivity index (χ1n) is 5.40. The summed E-state index contributed by atoms with van der Waals surface area (Å²) < 4.78 is 0. The summed E-state index contributed by atoms with van der Waals surface area (Å²) in [7, 11) is 0. The monoisotopic (exact) mass is 272 g/mol. The van der Waals surface area contributed by atoms with E-state index in [0.717, 1.165) is 0 Å². The maximum atomic E-state index is 11.0. The fraction of sp³-hybridized carbons (Fsp3) is 0.0769. The topological polar surface area (TPSA) is 78.7 Å². The maximum Gasteiger partial charge on any atom is 0.156 e. The first kappa shape index (κ1) is 13.0. The molecule has 0 fully saturated rings. The molecule has 5 nitrogen and oxygen atoms in total. The largest absolute Gasteiger partial charge is 0.339 e. The zero-order chi connectivity index (χ0) is 13.8. The van der Waals surface area contributed by atoms with Crippen molar-refractivity contribution in [1.29, 1.82) is 5.26 Å². The van der Waals surface area contributed by atoms with Crippen molar-refractivity contribution < 1.29 is 4.79 Å². The number of hydrogen-bond acceptors (Lipinski definition) is 5. The molecule has 0 aliphatic carbocycles. The second-order valence-electron chi connectivity index (χ2n) is 3.76. The molecule has 2 aromatic rings. The fourth-order valence-corrected chi connectivity index (χ4v) is 1.77. The van der Waals surface area contributed by atoms with Crippen LogP contribution in [0.2, 0.25) is 5.15 Å². The van der Waals surface area contributed by atoms with E-state index in [1.54, 1.807) is 31.2 Å². The number of nitrogens with one attached hydrogen (secondary N) is 1. The molecule has 0 atom stereocenters. The number of rotatable bonds is 3. The quantitative estimate of drug-likeness (QED) is 0.686. The molecule has 0 aliphatic heterocycles. The Morgan fingerprint density at radius 1 is 1.32 bits per heavy atom. The molecular formula is C13H9ClN4O. The van der Waals surface area contributed by atoms with Gasteiger partial charge in [0.15, 0.2) is 6.29 Å². The predicted octanol–water partition coefficient (Wildman–Crippen LogP) is 2.87. The molecule has 2 rings (SSSR count). The van der Waals surface area contributed by atoms with Crippen LogP contribution in [-0.2, 0) is 0 Å². The number of aryl methyl sites for hydroxylation is 1. The molecule has 1 aromatic heterocycles. The SMILES string of the molecule is Cc1nc(Cl)c(C=O)c(Nc2ccc(C#N)cc2)n1. The number of hydrogen-bond donors (Lipinski definition) is 1. The second kappa shape index (κ2) is 5.46. The van der Waals surface area contributed by atoms with Gasteiger partial charge in [0.1, 0.15) is 16.8 Å². The Morgan fingerprint density at radius 3 is 2.58 bits per heavy atom. The summed E-state index contributed by atoms with van der Waals surface area (Å²) in [5.41, 5.74) is 1.46. The van der Waals surface area contributed by atoms with Crippen molar-refractivity contribution >= 4 is 29.4 Å². The van der Waals surface area contributed by atoms with Crippen LogP contribution in [-0.4, -0.2) is 16.3 Å². The van der Waals surface area contributed by atoms with Crippen LogP contribution < -0.4 is 5.32 Å². The molecule has 19 heavy (non-hydrogen) atoms. The van der Waals surface area contributed by atoms with Gasteiger partial charge < -0.3 is 5.32 Å². The average molecular weight is 273 g/mol. The van der Waals surface area contributed by atoms with Crippen molar-refractivity contribution in [3.8, 4) is 6.07 Å². The minimum Gasteiger partial charge on any atom is -0.339 e. The summed E-state index contributed by atoms with van der Waals surface area (Å²) in [6, 6.07) is 8.80. The number of carbonyl (C=O) groups excluding carboxylic acids is 1. The molecule has 0 saturated carbocycles. The molecule has 1 heterocycles. The van der Waals surface area contributed by atoms with Crippen molar-refractivity contribution in [2.24, 2.45) is 0 Å². The van der Waals surface area contributed by atoms with Crippen LogP contribution in [0.15, 0.2) is 24.3 Å². The number of benzene rings is 1. The third-order valence-corrected chi connectivity index (χ3v) is 2.69. The van der Waals surface area contributed by atoms with Gasteiger partial charge >= 0.3 is 0 Å². The molecule has 0 radical (unpaired) electrons. The molecule has 0 unspecified atom stereocenters. The molecule has 0 saturated heterocycles. The highest BCUT2D eigenvalue weighted by molar-refractivity contribution is 6.32. The molecule has 0 aliphatic rings. The molecule has 94 valence electrons. The average Bonchev–Trinajstić information content (AvgIpc) is 2.39. The summed E-state index contributed by atoms with van der Waals surface area (Å²) in [5.74, 6) is 0.809. The van der Waals surface area contributed by atoms with Gasteiger partial charge in [-0.3, -0.25) is 4.79 Å². The van der Waals surface area contributed by atoms with Crippen LogP contribution in [0, 0.1) is 18.3 Å². The number of halogens is 1. The first-order chi connectivity index (χ1) is 9.13. The van der Waals surface area contributed by atoms with E-state index in [0.29, 0.717) is 29.2 Å². The molecule has 1 N–H and O–H groups in total. The lowest BCUT2D eigenvalue weighted by molar-refractivity contribution is 0.112. The number of anilines is 2. The van der Waals surface area contributed by atoms with Gasteiger partial charge in [-0.25, -0.2) is 9.97 Å². The molecule has 1 aromatic carbocycles. The van der Waals surface area contributed by atoms with Crippen LogP contribution in [0.3, 0.4) is 0 Å². The van der Waals surface area contributed by atoms with E-state index >= 15 is 0 Å². The highest BCUT2D eigenvalue weighted by atomic mass is 35.5. The van der Waals surface area contributed by atoms with E-state index < -0.39 is 0 Å². The highest BCUT2D eigenvalue weighted by Crippen LogP contribution is 2.22. The Bertz CT molecular complexity index is 662. The Morgan fingerprint density at radius 2 is 2.00 bits per heavy atom. The van der Waals surface area contributed by atoms with Crippen molar-refractivity contribution in [2.45, 2.75) is 6.92 Å². The molecule has 0 spiro atoms. The van der Waals surface area contributed by atoms with Gasteiger partial charge in [0.05, 0.1) is 17.2 Å². The zero-order valence-electron chi connectivity index (χ0n) is 10.0. The molecule has 6 heteroatoms. The Labute approximate surface area is 114 Å². The Hall–Kier alpha value is -2.45. The second-order valence-corrected chi connectivity index (χ2v) is 4.11. The van der Waals surface area contributed by atoms with Crippen LogP contribution in [0.25, 0.3) is 0 Å². The summed E-state index contributed by atoms with van der Waals surface area (Å²) in [6.07, 6.45) is 0.605. The zero-order valence-corrected chi connectivity index (χ0v) is 10.8. The molecule has 0 bridgehead atoms. The summed E-state index contributed by atoms with van der Waals surface area (Å²) in [6.45, 7) is 1.68. The summed E-state index contributed by atoms with van der Waals surface area (Å²) in [4.78, 5) is 19.1. The number of carbonyl (C=O) groups is 1. The third-order valence-electron chi connectivity index (χ3n) is 2.41. The van der Waals surface area contributed by atoms with Crippen LogP contribution >= 0.6 is 11.6 Å². The van der Waals surface area contributed by atoms with Crippen LogP contribution in [0.5, 0.6) is 0 Å². The van der Waals surface area contributed by atoms with Crippen LogP contribution in [0.4, 0.5) is 11.5 Å². The molecular weight excluding hydrogens is 264 g/mol. The number of nitriles is 1. The fourth-order valence-electron chi connectivity index (χ4n) is 1.51. The van der Waals surface area contributed by atoms with E-state index in [1.807, 2.05) is 6.07 Å². The van der Waals surface area contributed by atoms with Gasteiger partial charge in [-0.2, -0.15) is 5.26 Å². The standard InChI is InChI=1S/C13H9ClN4O/c1-8-16-12(14)11(7-19)13(17-8)18-10-4-2-9(6-15)3-5-10/h2-5,7H,1H3,(H,16,17,18). The molecule has 0 amide bonds. The maximum absolute atomic E-state index is 11.0. The number of aldehydes is 1. The third kappa shape index (κ3) is 2.87. The normalized spacial score (nSPS) is 9.74. The van der Waals surface area contributed by atoms with Gasteiger partial charge in [0.25, 0.3) is 0 Å².